The lowest BCUT2D eigenvalue weighted by Gasteiger charge is -2.27. The van der Waals surface area contributed by atoms with E-state index in [0.29, 0.717) is 5.92 Å². The van der Waals surface area contributed by atoms with Crippen molar-refractivity contribution in [2.24, 2.45) is 5.92 Å². The van der Waals surface area contributed by atoms with Crippen molar-refractivity contribution in [1.82, 2.24) is 14.9 Å². The van der Waals surface area contributed by atoms with E-state index in [1.54, 1.807) is 11.8 Å². The van der Waals surface area contributed by atoms with E-state index in [2.05, 4.69) is 66.0 Å². The summed E-state index contributed by atoms with van der Waals surface area (Å²) in [5.41, 5.74) is 0. The molecule has 6 heteroatoms. The quantitative estimate of drug-likeness (QED) is 0.559. The van der Waals surface area contributed by atoms with Crippen LogP contribution in [-0.4, -0.2) is 61.4 Å². The number of nitrogens with zero attached hydrogens (tertiary/aromatic N) is 4. The first-order chi connectivity index (χ1) is 9.96. The summed E-state index contributed by atoms with van der Waals surface area (Å²) in [4.78, 5) is 13.7. The van der Waals surface area contributed by atoms with E-state index in [4.69, 9.17) is 0 Å². The second-order valence-corrected chi connectivity index (χ2v) is 6.54. The third-order valence-corrected chi connectivity index (χ3v) is 3.51. The first-order valence-corrected chi connectivity index (χ1v) is 8.75. The molecule has 1 aromatic rings. The van der Waals surface area contributed by atoms with Crippen molar-refractivity contribution in [2.75, 3.05) is 56.7 Å². The number of aromatic nitrogens is 2. The molecule has 0 aliphatic carbocycles. The van der Waals surface area contributed by atoms with Crippen LogP contribution in [0.3, 0.4) is 0 Å². The van der Waals surface area contributed by atoms with Crippen LogP contribution in [0.1, 0.15) is 20.8 Å². The lowest BCUT2D eigenvalue weighted by atomic mass is 10.2. The highest BCUT2D eigenvalue weighted by Gasteiger charge is 2.13. The smallest absolute Gasteiger partial charge is 0.191 e. The minimum absolute atomic E-state index is 0.599. The lowest BCUT2D eigenvalue weighted by molar-refractivity contribution is 0.408. The fourth-order valence-electron chi connectivity index (χ4n) is 2.00. The van der Waals surface area contributed by atoms with Gasteiger partial charge in [-0.15, -0.1) is 0 Å². The fraction of sp³-hybridized carbons (Fsp3) is 0.733. The van der Waals surface area contributed by atoms with E-state index in [0.717, 1.165) is 43.0 Å². The molecule has 0 saturated carbocycles. The van der Waals surface area contributed by atoms with Gasteiger partial charge in [-0.3, -0.25) is 0 Å². The number of nitrogens with one attached hydrogen (secondary N) is 1. The van der Waals surface area contributed by atoms with Gasteiger partial charge in [-0.2, -0.15) is 0 Å². The van der Waals surface area contributed by atoms with Crippen molar-refractivity contribution in [3.63, 3.8) is 0 Å². The first kappa shape index (κ1) is 18.0. The molecule has 0 atom stereocenters. The predicted molar refractivity (Wildman–Crippen MR) is 93.6 cm³/mol. The molecule has 0 aliphatic rings. The Morgan fingerprint density at radius 1 is 1.24 bits per heavy atom. The van der Waals surface area contributed by atoms with Gasteiger partial charge >= 0.3 is 0 Å². The van der Waals surface area contributed by atoms with Crippen LogP contribution in [0.25, 0.3) is 0 Å². The number of rotatable bonds is 9. The van der Waals surface area contributed by atoms with Gasteiger partial charge in [0.1, 0.15) is 11.6 Å². The zero-order valence-corrected chi connectivity index (χ0v) is 15.0. The highest BCUT2D eigenvalue weighted by Crippen LogP contribution is 2.21. The number of hydrogen-bond acceptors (Lipinski definition) is 6. The first-order valence-electron chi connectivity index (χ1n) is 7.52. The van der Waals surface area contributed by atoms with E-state index in [9.17, 15) is 0 Å². The molecule has 0 radical (unpaired) electrons. The van der Waals surface area contributed by atoms with Gasteiger partial charge < -0.3 is 15.1 Å². The molecule has 0 saturated heterocycles. The lowest BCUT2D eigenvalue weighted by Crippen LogP contribution is -2.35. The molecule has 0 spiro atoms. The summed E-state index contributed by atoms with van der Waals surface area (Å²) in [5.74, 6) is 2.52. The SMILES string of the molecule is CCNc1cc(N(CCN(C)C)CC(C)C)nc(SC)n1. The number of thioether (sulfide) groups is 1. The highest BCUT2D eigenvalue weighted by molar-refractivity contribution is 7.98. The van der Waals surface area contributed by atoms with Gasteiger partial charge in [0.05, 0.1) is 0 Å². The molecule has 0 aromatic carbocycles. The van der Waals surface area contributed by atoms with Gasteiger partial charge in [0.2, 0.25) is 0 Å². The topological polar surface area (TPSA) is 44.3 Å². The second-order valence-electron chi connectivity index (χ2n) is 5.77. The summed E-state index contributed by atoms with van der Waals surface area (Å²) in [7, 11) is 4.20. The fourth-order valence-corrected chi connectivity index (χ4v) is 2.37. The van der Waals surface area contributed by atoms with Crippen molar-refractivity contribution < 1.29 is 0 Å². The number of anilines is 2. The van der Waals surface area contributed by atoms with Gasteiger partial charge in [-0.25, -0.2) is 9.97 Å². The summed E-state index contributed by atoms with van der Waals surface area (Å²) < 4.78 is 0. The molecule has 1 rings (SSSR count). The monoisotopic (exact) mass is 311 g/mol. The maximum Gasteiger partial charge on any atom is 0.191 e. The van der Waals surface area contributed by atoms with Crippen molar-refractivity contribution in [2.45, 2.75) is 25.9 Å². The van der Waals surface area contributed by atoms with Crippen molar-refractivity contribution in [3.05, 3.63) is 6.07 Å². The highest BCUT2D eigenvalue weighted by atomic mass is 32.2. The summed E-state index contributed by atoms with van der Waals surface area (Å²) in [6, 6.07) is 2.06. The summed E-state index contributed by atoms with van der Waals surface area (Å²) in [6.45, 7) is 10.4. The van der Waals surface area contributed by atoms with Gasteiger partial charge in [0.15, 0.2) is 5.16 Å². The zero-order chi connectivity index (χ0) is 15.8. The summed E-state index contributed by atoms with van der Waals surface area (Å²) in [5, 5.41) is 4.12. The van der Waals surface area contributed by atoms with Crippen molar-refractivity contribution in [1.29, 1.82) is 0 Å². The van der Waals surface area contributed by atoms with Crippen LogP contribution in [0.2, 0.25) is 0 Å². The Hall–Kier alpha value is -1.01. The van der Waals surface area contributed by atoms with Crippen LogP contribution in [0.4, 0.5) is 11.6 Å². The van der Waals surface area contributed by atoms with Gasteiger partial charge in [0, 0.05) is 32.2 Å². The van der Waals surface area contributed by atoms with E-state index >= 15 is 0 Å². The Morgan fingerprint density at radius 2 is 1.95 bits per heavy atom. The molecule has 0 unspecified atom stereocenters. The molecule has 1 heterocycles. The maximum absolute atomic E-state index is 4.68. The molecule has 5 nitrogen and oxygen atoms in total. The molecule has 21 heavy (non-hydrogen) atoms. The minimum Gasteiger partial charge on any atom is -0.370 e. The van der Waals surface area contributed by atoms with Crippen LogP contribution in [0.5, 0.6) is 0 Å². The molecular weight excluding hydrogens is 282 g/mol. The molecule has 0 aliphatic heterocycles. The van der Waals surface area contributed by atoms with Crippen LogP contribution >= 0.6 is 11.8 Å². The van der Waals surface area contributed by atoms with Crippen LogP contribution < -0.4 is 10.2 Å². The van der Waals surface area contributed by atoms with Crippen molar-refractivity contribution >= 4 is 23.4 Å². The maximum atomic E-state index is 4.68. The van der Waals surface area contributed by atoms with E-state index in [1.807, 2.05) is 6.26 Å². The Bertz CT molecular complexity index is 423. The van der Waals surface area contributed by atoms with Gasteiger partial charge in [0.25, 0.3) is 0 Å². The number of likely N-dealkylation sites (N-methyl/N-ethyl adjacent to an activating group) is 1. The predicted octanol–water partition coefficient (Wildman–Crippen LogP) is 2.65. The Balaban J connectivity index is 3.00. The van der Waals surface area contributed by atoms with Crippen LogP contribution in [-0.2, 0) is 0 Å². The van der Waals surface area contributed by atoms with Gasteiger partial charge in [-0.1, -0.05) is 25.6 Å². The summed E-state index contributed by atoms with van der Waals surface area (Å²) >= 11 is 1.58. The average molecular weight is 311 g/mol. The molecule has 0 fully saturated rings. The van der Waals surface area contributed by atoms with E-state index < -0.39 is 0 Å². The summed E-state index contributed by atoms with van der Waals surface area (Å²) in [6.07, 6.45) is 2.02. The standard InChI is InChI=1S/C15H29N5S/c1-7-16-13-10-14(18-15(17-13)21-6)20(11-12(2)3)9-8-19(4)5/h10,12H,7-9,11H2,1-6H3,(H,16,17,18). The zero-order valence-electron chi connectivity index (χ0n) is 14.2. The molecule has 1 aromatic heterocycles. The molecular formula is C15H29N5S. The molecule has 0 bridgehead atoms. The minimum atomic E-state index is 0.599. The second kappa shape index (κ2) is 9.10. The molecule has 0 amide bonds. The van der Waals surface area contributed by atoms with E-state index in [1.165, 1.54) is 0 Å². The van der Waals surface area contributed by atoms with Crippen LogP contribution in [0, 0.1) is 5.92 Å². The average Bonchev–Trinajstić information content (AvgIpc) is 2.42. The molecule has 120 valence electrons. The third-order valence-electron chi connectivity index (χ3n) is 2.96. The van der Waals surface area contributed by atoms with Gasteiger partial charge in [-0.05, 0) is 33.2 Å². The Labute approximate surface area is 133 Å². The third kappa shape index (κ3) is 6.52. The molecule has 1 N–H and O–H groups in total. The normalized spacial score (nSPS) is 11.2. The number of hydrogen-bond donors (Lipinski definition) is 1. The van der Waals surface area contributed by atoms with E-state index in [-0.39, 0.29) is 0 Å². The Morgan fingerprint density at radius 3 is 2.48 bits per heavy atom. The largest absolute Gasteiger partial charge is 0.370 e. The Kier molecular flexibility index (Phi) is 7.82. The van der Waals surface area contributed by atoms with Crippen LogP contribution in [0.15, 0.2) is 11.2 Å². The van der Waals surface area contributed by atoms with Crippen molar-refractivity contribution in [3.8, 4) is 0 Å².